The Morgan fingerprint density at radius 2 is 2.08 bits per heavy atom. The van der Waals surface area contributed by atoms with Crippen molar-refractivity contribution in [3.8, 4) is 0 Å². The molecule has 0 amide bonds. The molecule has 0 saturated heterocycles. The van der Waals surface area contributed by atoms with Crippen LogP contribution in [0.2, 0.25) is 0 Å². The van der Waals surface area contributed by atoms with Crippen LogP contribution >= 0.6 is 0 Å². The quantitative estimate of drug-likeness (QED) is 0.356. The summed E-state index contributed by atoms with van der Waals surface area (Å²) in [6.07, 6.45) is 4.91. The smallest absolute Gasteiger partial charge is 0.313 e. The van der Waals surface area contributed by atoms with Crippen molar-refractivity contribution in [2.45, 2.75) is 26.2 Å². The molecule has 0 aromatic heterocycles. The van der Waals surface area contributed by atoms with Crippen LogP contribution in [-0.4, -0.2) is 18.9 Å². The lowest BCUT2D eigenvalue weighted by atomic mass is 10.2. The second-order valence-corrected chi connectivity index (χ2v) is 2.41. The SMILES string of the molecule is CCCC=CC(=O)CC(=O)OC. The predicted molar refractivity (Wildman–Crippen MR) is 45.7 cm³/mol. The molecule has 0 heterocycles. The molecule has 0 aliphatic rings. The number of esters is 1. The van der Waals surface area contributed by atoms with Crippen LogP contribution in [0.25, 0.3) is 0 Å². The summed E-state index contributed by atoms with van der Waals surface area (Å²) >= 11 is 0. The van der Waals surface area contributed by atoms with Crippen molar-refractivity contribution in [2.75, 3.05) is 7.11 Å². The first-order valence-corrected chi connectivity index (χ1v) is 3.97. The zero-order valence-electron chi connectivity index (χ0n) is 7.50. The Bertz CT molecular complexity index is 182. The van der Waals surface area contributed by atoms with E-state index in [4.69, 9.17) is 0 Å². The summed E-state index contributed by atoms with van der Waals surface area (Å²) in [5.41, 5.74) is 0. The standard InChI is InChI=1S/C9H14O3/c1-3-4-5-6-8(10)7-9(11)12-2/h5-6H,3-4,7H2,1-2H3. The third kappa shape index (κ3) is 5.65. The number of hydrogen-bond acceptors (Lipinski definition) is 3. The van der Waals surface area contributed by atoms with Crippen molar-refractivity contribution in [3.63, 3.8) is 0 Å². The third-order valence-corrected chi connectivity index (χ3v) is 1.31. The van der Waals surface area contributed by atoms with Crippen molar-refractivity contribution >= 4 is 11.8 Å². The van der Waals surface area contributed by atoms with Crippen LogP contribution in [0.15, 0.2) is 12.2 Å². The van der Waals surface area contributed by atoms with Gasteiger partial charge < -0.3 is 4.74 Å². The molecule has 0 unspecified atom stereocenters. The summed E-state index contributed by atoms with van der Waals surface area (Å²) in [4.78, 5) is 21.5. The maximum atomic E-state index is 10.9. The first-order chi connectivity index (χ1) is 5.70. The van der Waals surface area contributed by atoms with Crippen LogP contribution in [-0.2, 0) is 14.3 Å². The molecule has 3 heteroatoms. The minimum Gasteiger partial charge on any atom is -0.469 e. The Labute approximate surface area is 72.4 Å². The average Bonchev–Trinajstić information content (AvgIpc) is 2.05. The van der Waals surface area contributed by atoms with Gasteiger partial charge in [-0.25, -0.2) is 0 Å². The van der Waals surface area contributed by atoms with E-state index in [9.17, 15) is 9.59 Å². The second kappa shape index (κ2) is 6.58. The highest BCUT2D eigenvalue weighted by molar-refractivity contribution is 6.01. The molecular formula is C9H14O3. The highest BCUT2D eigenvalue weighted by Gasteiger charge is 2.04. The molecule has 0 radical (unpaired) electrons. The van der Waals surface area contributed by atoms with E-state index in [2.05, 4.69) is 4.74 Å². The second-order valence-electron chi connectivity index (χ2n) is 2.41. The minimum atomic E-state index is -0.485. The predicted octanol–water partition coefficient (Wildman–Crippen LogP) is 1.47. The van der Waals surface area contributed by atoms with E-state index in [1.54, 1.807) is 6.08 Å². The van der Waals surface area contributed by atoms with E-state index < -0.39 is 5.97 Å². The third-order valence-electron chi connectivity index (χ3n) is 1.31. The summed E-state index contributed by atoms with van der Waals surface area (Å²) in [5.74, 6) is -0.684. The number of ketones is 1. The van der Waals surface area contributed by atoms with Crippen LogP contribution in [0.3, 0.4) is 0 Å². The monoisotopic (exact) mass is 170 g/mol. The number of methoxy groups -OCH3 is 1. The fourth-order valence-corrected chi connectivity index (χ4v) is 0.655. The first-order valence-electron chi connectivity index (χ1n) is 3.97. The molecule has 3 nitrogen and oxygen atoms in total. The molecule has 0 aliphatic heterocycles. The van der Waals surface area contributed by atoms with E-state index in [1.807, 2.05) is 6.92 Å². The molecule has 0 aromatic carbocycles. The molecule has 0 rings (SSSR count). The molecule has 0 saturated carbocycles. The zero-order chi connectivity index (χ0) is 9.40. The van der Waals surface area contributed by atoms with Gasteiger partial charge in [0.05, 0.1) is 7.11 Å². The average molecular weight is 170 g/mol. The highest BCUT2D eigenvalue weighted by Crippen LogP contribution is 1.92. The van der Waals surface area contributed by atoms with E-state index in [0.29, 0.717) is 0 Å². The summed E-state index contributed by atoms with van der Waals surface area (Å²) in [6.45, 7) is 2.02. The van der Waals surface area contributed by atoms with Crippen molar-refractivity contribution < 1.29 is 14.3 Å². The number of hydrogen-bond donors (Lipinski definition) is 0. The van der Waals surface area contributed by atoms with Gasteiger partial charge in [0, 0.05) is 0 Å². The minimum absolute atomic E-state index is 0.156. The highest BCUT2D eigenvalue weighted by atomic mass is 16.5. The molecule has 0 N–H and O–H groups in total. The number of carbonyl (C=O) groups is 2. The molecule has 0 atom stereocenters. The zero-order valence-corrected chi connectivity index (χ0v) is 7.50. The van der Waals surface area contributed by atoms with Gasteiger partial charge in [0.1, 0.15) is 6.42 Å². The Morgan fingerprint density at radius 1 is 1.42 bits per heavy atom. The number of allylic oxidation sites excluding steroid dienone is 2. The lowest BCUT2D eigenvalue weighted by Gasteiger charge is -1.93. The Kier molecular flexibility index (Phi) is 5.97. The maximum absolute atomic E-state index is 10.9. The molecule has 0 aromatic rings. The molecule has 0 aliphatic carbocycles. The van der Waals surface area contributed by atoms with Crippen LogP contribution in [0.1, 0.15) is 26.2 Å². The Balaban J connectivity index is 3.66. The van der Waals surface area contributed by atoms with Crippen molar-refractivity contribution in [1.82, 2.24) is 0 Å². The Morgan fingerprint density at radius 3 is 2.58 bits per heavy atom. The van der Waals surface area contributed by atoms with Gasteiger partial charge in [-0.2, -0.15) is 0 Å². The fourth-order valence-electron chi connectivity index (χ4n) is 0.655. The van der Waals surface area contributed by atoms with Crippen LogP contribution in [0.5, 0.6) is 0 Å². The van der Waals surface area contributed by atoms with E-state index >= 15 is 0 Å². The van der Waals surface area contributed by atoms with Gasteiger partial charge in [0.2, 0.25) is 0 Å². The number of ether oxygens (including phenoxy) is 1. The molecule has 0 fully saturated rings. The van der Waals surface area contributed by atoms with Gasteiger partial charge in [0.25, 0.3) is 0 Å². The number of rotatable bonds is 5. The van der Waals surface area contributed by atoms with Gasteiger partial charge in [-0.15, -0.1) is 0 Å². The summed E-state index contributed by atoms with van der Waals surface area (Å²) in [5, 5.41) is 0. The number of unbranched alkanes of at least 4 members (excludes halogenated alkanes) is 1. The molecule has 0 spiro atoms. The van der Waals surface area contributed by atoms with Crippen molar-refractivity contribution in [1.29, 1.82) is 0 Å². The number of carbonyl (C=O) groups excluding carboxylic acids is 2. The van der Waals surface area contributed by atoms with E-state index in [-0.39, 0.29) is 12.2 Å². The molecule has 0 bridgehead atoms. The van der Waals surface area contributed by atoms with Gasteiger partial charge in [-0.3, -0.25) is 9.59 Å². The fraction of sp³-hybridized carbons (Fsp3) is 0.556. The van der Waals surface area contributed by atoms with Gasteiger partial charge in [-0.1, -0.05) is 19.4 Å². The van der Waals surface area contributed by atoms with Crippen molar-refractivity contribution in [3.05, 3.63) is 12.2 Å². The van der Waals surface area contributed by atoms with Crippen LogP contribution in [0, 0.1) is 0 Å². The molecule has 68 valence electrons. The summed E-state index contributed by atoms with van der Waals surface area (Å²) in [6, 6.07) is 0. The topological polar surface area (TPSA) is 43.4 Å². The van der Waals surface area contributed by atoms with E-state index in [0.717, 1.165) is 12.8 Å². The van der Waals surface area contributed by atoms with Gasteiger partial charge in [0.15, 0.2) is 5.78 Å². The van der Waals surface area contributed by atoms with Crippen LogP contribution < -0.4 is 0 Å². The lowest BCUT2D eigenvalue weighted by Crippen LogP contribution is -2.06. The molecular weight excluding hydrogens is 156 g/mol. The largest absolute Gasteiger partial charge is 0.469 e. The summed E-state index contributed by atoms with van der Waals surface area (Å²) in [7, 11) is 1.27. The van der Waals surface area contributed by atoms with Crippen molar-refractivity contribution in [2.24, 2.45) is 0 Å². The maximum Gasteiger partial charge on any atom is 0.313 e. The van der Waals surface area contributed by atoms with Crippen LogP contribution in [0.4, 0.5) is 0 Å². The van der Waals surface area contributed by atoms with Gasteiger partial charge >= 0.3 is 5.97 Å². The van der Waals surface area contributed by atoms with E-state index in [1.165, 1.54) is 13.2 Å². The summed E-state index contributed by atoms with van der Waals surface area (Å²) < 4.78 is 4.33. The molecule has 12 heavy (non-hydrogen) atoms. The first kappa shape index (κ1) is 10.9. The van der Waals surface area contributed by atoms with Gasteiger partial charge in [-0.05, 0) is 12.5 Å². The normalized spacial score (nSPS) is 10.2. The lowest BCUT2D eigenvalue weighted by molar-refractivity contribution is -0.142. The Hall–Kier alpha value is -1.12.